The van der Waals surface area contributed by atoms with Crippen LogP contribution in [-0.2, 0) is 18.3 Å². The van der Waals surface area contributed by atoms with Gasteiger partial charge in [-0.1, -0.05) is 58.0 Å². The van der Waals surface area contributed by atoms with Gasteiger partial charge in [0.15, 0.2) is 5.16 Å². The zero-order chi connectivity index (χ0) is 18.5. The summed E-state index contributed by atoms with van der Waals surface area (Å²) in [5.41, 5.74) is 1.30. The molecule has 0 saturated carbocycles. The molecule has 0 radical (unpaired) electrons. The number of rotatable bonds is 6. The van der Waals surface area contributed by atoms with Crippen molar-refractivity contribution in [2.45, 2.75) is 11.6 Å². The third kappa shape index (κ3) is 4.70. The van der Waals surface area contributed by atoms with Crippen molar-refractivity contribution in [3.63, 3.8) is 0 Å². The summed E-state index contributed by atoms with van der Waals surface area (Å²) in [7, 11) is 1.87. The van der Waals surface area contributed by atoms with Crippen molar-refractivity contribution in [2.24, 2.45) is 7.05 Å². The Morgan fingerprint density at radius 2 is 2.00 bits per heavy atom. The van der Waals surface area contributed by atoms with Gasteiger partial charge in [-0.15, -0.1) is 10.2 Å². The van der Waals surface area contributed by atoms with Crippen molar-refractivity contribution in [1.82, 2.24) is 14.8 Å². The average molecular weight is 435 g/mol. The highest BCUT2D eigenvalue weighted by Crippen LogP contribution is 2.21. The maximum atomic E-state index is 13.8. The summed E-state index contributed by atoms with van der Waals surface area (Å²) < 4.78 is 16.3. The highest BCUT2D eigenvalue weighted by atomic mass is 79.9. The number of anilines is 1. The molecular formula is C18H16BrFN4OS. The molecule has 2 aromatic carbocycles. The minimum atomic E-state index is -0.485. The first-order valence-corrected chi connectivity index (χ1v) is 9.60. The lowest BCUT2D eigenvalue weighted by Crippen LogP contribution is -2.15. The second-order valence-corrected chi connectivity index (χ2v) is 7.44. The summed E-state index contributed by atoms with van der Waals surface area (Å²) in [6.45, 7) is 0. The van der Waals surface area contributed by atoms with Crippen molar-refractivity contribution >= 4 is 39.3 Å². The van der Waals surface area contributed by atoms with Crippen LogP contribution in [0.3, 0.4) is 0 Å². The molecule has 0 aliphatic rings. The van der Waals surface area contributed by atoms with Crippen LogP contribution < -0.4 is 5.32 Å². The van der Waals surface area contributed by atoms with E-state index in [4.69, 9.17) is 0 Å². The van der Waals surface area contributed by atoms with E-state index in [1.807, 2.05) is 41.9 Å². The summed E-state index contributed by atoms with van der Waals surface area (Å²) in [5.74, 6) is 0.149. The fourth-order valence-electron chi connectivity index (χ4n) is 2.31. The molecule has 0 unspecified atom stereocenters. The summed E-state index contributed by atoms with van der Waals surface area (Å²) in [4.78, 5) is 12.1. The van der Waals surface area contributed by atoms with E-state index in [-0.39, 0.29) is 17.3 Å². The van der Waals surface area contributed by atoms with Crippen LogP contribution in [0.5, 0.6) is 0 Å². The Morgan fingerprint density at radius 3 is 2.73 bits per heavy atom. The van der Waals surface area contributed by atoms with Crippen LogP contribution in [-0.4, -0.2) is 26.4 Å². The van der Waals surface area contributed by atoms with Crippen molar-refractivity contribution < 1.29 is 9.18 Å². The minimum Gasteiger partial charge on any atom is -0.323 e. The molecule has 3 aromatic rings. The number of halogens is 2. The smallest absolute Gasteiger partial charge is 0.234 e. The molecular weight excluding hydrogens is 419 g/mol. The van der Waals surface area contributed by atoms with Gasteiger partial charge in [-0.25, -0.2) is 4.39 Å². The number of carbonyl (C=O) groups is 1. The van der Waals surface area contributed by atoms with Gasteiger partial charge in [0.2, 0.25) is 5.91 Å². The van der Waals surface area contributed by atoms with Crippen LogP contribution in [0.4, 0.5) is 10.1 Å². The minimum absolute atomic E-state index is 0.118. The van der Waals surface area contributed by atoms with E-state index in [1.54, 1.807) is 6.07 Å². The summed E-state index contributed by atoms with van der Waals surface area (Å²) in [6, 6.07) is 14.5. The molecule has 0 saturated heterocycles. The number of carbonyl (C=O) groups excluding carboxylic acids is 1. The van der Waals surface area contributed by atoms with Crippen molar-refractivity contribution in [3.05, 3.63) is 70.2 Å². The van der Waals surface area contributed by atoms with Crippen LogP contribution in [0.1, 0.15) is 11.4 Å². The predicted octanol–water partition coefficient (Wildman–Crippen LogP) is 4.04. The summed E-state index contributed by atoms with van der Waals surface area (Å²) in [5, 5.41) is 11.5. The van der Waals surface area contributed by atoms with Gasteiger partial charge in [0.05, 0.1) is 11.4 Å². The lowest BCUT2D eigenvalue weighted by Gasteiger charge is -2.07. The first kappa shape index (κ1) is 18.6. The van der Waals surface area contributed by atoms with Crippen molar-refractivity contribution in [3.8, 4) is 0 Å². The molecule has 0 aliphatic carbocycles. The molecule has 5 nitrogen and oxygen atoms in total. The van der Waals surface area contributed by atoms with E-state index in [0.29, 0.717) is 16.0 Å². The topological polar surface area (TPSA) is 59.8 Å². The Morgan fingerprint density at radius 1 is 1.23 bits per heavy atom. The lowest BCUT2D eigenvalue weighted by molar-refractivity contribution is -0.113. The molecule has 1 aromatic heterocycles. The number of aromatic nitrogens is 3. The van der Waals surface area contributed by atoms with Crippen LogP contribution in [0, 0.1) is 5.82 Å². The molecule has 0 atom stereocenters. The first-order chi connectivity index (χ1) is 12.5. The molecule has 8 heteroatoms. The van der Waals surface area contributed by atoms with E-state index >= 15 is 0 Å². The average Bonchev–Trinajstić information content (AvgIpc) is 2.96. The van der Waals surface area contributed by atoms with E-state index in [0.717, 1.165) is 11.4 Å². The SMILES string of the molecule is Cn1c(Cc2ccccc2)nnc1SCC(=O)Nc1ccc(Br)cc1F. The molecule has 0 spiro atoms. The highest BCUT2D eigenvalue weighted by molar-refractivity contribution is 9.10. The van der Waals surface area contributed by atoms with Crippen LogP contribution in [0.25, 0.3) is 0 Å². The fourth-order valence-corrected chi connectivity index (χ4v) is 3.37. The Hall–Kier alpha value is -2.19. The molecule has 134 valence electrons. The quantitative estimate of drug-likeness (QED) is 0.594. The lowest BCUT2D eigenvalue weighted by atomic mass is 10.1. The van der Waals surface area contributed by atoms with Gasteiger partial charge in [-0.3, -0.25) is 4.79 Å². The first-order valence-electron chi connectivity index (χ1n) is 7.83. The van der Waals surface area contributed by atoms with Crippen molar-refractivity contribution in [1.29, 1.82) is 0 Å². The largest absolute Gasteiger partial charge is 0.323 e. The number of hydrogen-bond donors (Lipinski definition) is 1. The van der Waals surface area contributed by atoms with Gasteiger partial charge in [0.1, 0.15) is 11.6 Å². The molecule has 0 aliphatic heterocycles. The van der Waals surface area contributed by atoms with Gasteiger partial charge in [0, 0.05) is 17.9 Å². The second kappa shape index (κ2) is 8.46. The molecule has 1 N–H and O–H groups in total. The molecule has 26 heavy (non-hydrogen) atoms. The highest BCUT2D eigenvalue weighted by Gasteiger charge is 2.13. The van der Waals surface area contributed by atoms with Gasteiger partial charge in [-0.05, 0) is 23.8 Å². The van der Waals surface area contributed by atoms with Crippen LogP contribution in [0.2, 0.25) is 0 Å². The van der Waals surface area contributed by atoms with Gasteiger partial charge < -0.3 is 9.88 Å². The van der Waals surface area contributed by atoms with Crippen LogP contribution >= 0.6 is 27.7 Å². The maximum absolute atomic E-state index is 13.8. The molecule has 1 amide bonds. The zero-order valence-electron chi connectivity index (χ0n) is 13.9. The number of benzene rings is 2. The number of thioether (sulfide) groups is 1. The number of hydrogen-bond acceptors (Lipinski definition) is 4. The summed E-state index contributed by atoms with van der Waals surface area (Å²) >= 11 is 4.44. The van der Waals surface area contributed by atoms with Crippen molar-refractivity contribution in [2.75, 3.05) is 11.1 Å². The third-order valence-corrected chi connectivity index (χ3v) is 5.18. The van der Waals surface area contributed by atoms with Crippen LogP contribution in [0.15, 0.2) is 58.2 Å². The van der Waals surface area contributed by atoms with E-state index in [9.17, 15) is 9.18 Å². The Balaban J connectivity index is 1.58. The standard InChI is InChI=1S/C18H16BrFN4OS/c1-24-16(9-12-5-3-2-4-6-12)22-23-18(24)26-11-17(25)21-15-8-7-13(19)10-14(15)20/h2-8,10H,9,11H2,1H3,(H,21,25). The van der Waals surface area contributed by atoms with E-state index in [2.05, 4.69) is 31.4 Å². The van der Waals surface area contributed by atoms with E-state index < -0.39 is 5.82 Å². The normalized spacial score (nSPS) is 10.7. The third-order valence-electron chi connectivity index (χ3n) is 3.67. The second-order valence-electron chi connectivity index (χ2n) is 5.58. The monoisotopic (exact) mass is 434 g/mol. The fraction of sp³-hybridized carbons (Fsp3) is 0.167. The van der Waals surface area contributed by atoms with Gasteiger partial charge in [-0.2, -0.15) is 0 Å². The Bertz CT molecular complexity index is 917. The Kier molecular flexibility index (Phi) is 6.05. The molecule has 0 fully saturated rings. The number of nitrogens with one attached hydrogen (secondary N) is 1. The Labute approximate surface area is 163 Å². The maximum Gasteiger partial charge on any atom is 0.234 e. The van der Waals surface area contributed by atoms with Gasteiger partial charge in [0.25, 0.3) is 0 Å². The van der Waals surface area contributed by atoms with Gasteiger partial charge >= 0.3 is 0 Å². The number of nitrogens with zero attached hydrogens (tertiary/aromatic N) is 3. The molecule has 0 bridgehead atoms. The zero-order valence-corrected chi connectivity index (χ0v) is 16.3. The predicted molar refractivity (Wildman–Crippen MR) is 104 cm³/mol. The number of amides is 1. The molecule has 3 rings (SSSR count). The van der Waals surface area contributed by atoms with E-state index in [1.165, 1.54) is 23.9 Å². The molecule has 1 heterocycles. The summed E-state index contributed by atoms with van der Waals surface area (Å²) in [6.07, 6.45) is 0.668.